The predicted molar refractivity (Wildman–Crippen MR) is 66.5 cm³/mol. The molecule has 0 unspecified atom stereocenters. The lowest BCUT2D eigenvalue weighted by molar-refractivity contribution is -0.928. The van der Waals surface area contributed by atoms with Gasteiger partial charge in [-0.15, -0.1) is 0 Å². The number of rotatable bonds is 8. The summed E-state index contributed by atoms with van der Waals surface area (Å²) in [5, 5.41) is 15.0. The lowest BCUT2D eigenvalue weighted by atomic mass is 10.2. The molecule has 0 fully saturated rings. The molecule has 0 aromatic heterocycles. The fourth-order valence-electron chi connectivity index (χ4n) is 2.57. The highest BCUT2D eigenvalue weighted by atomic mass is 16.2. The minimum atomic E-state index is 0.500. The van der Waals surface area contributed by atoms with Crippen molar-refractivity contribution in [3.05, 3.63) is 0 Å². The highest BCUT2D eigenvalue weighted by Gasteiger charge is 2.22. The van der Waals surface area contributed by atoms with E-state index in [1.807, 2.05) is 0 Å². The minimum absolute atomic E-state index is 0.500. The smallest absolute Gasteiger partial charge is 0.0783 e. The molecule has 16 heavy (non-hydrogen) atoms. The maximum absolute atomic E-state index is 8.24. The Hall–Kier alpha value is -0.750. The molecule has 96 valence electrons. The third kappa shape index (κ3) is 8.55. The monoisotopic (exact) mass is 228 g/mol. The van der Waals surface area contributed by atoms with E-state index in [2.05, 4.69) is 27.7 Å². The Kier molecular flexibility index (Phi) is 13.6. The first-order valence-corrected chi connectivity index (χ1v) is 6.52. The molecular formula is C13H28N2O. The molecule has 0 bridgehead atoms. The molecule has 3 heteroatoms. The summed E-state index contributed by atoms with van der Waals surface area (Å²) in [6.07, 6.45) is 5.83. The van der Waals surface area contributed by atoms with Crippen LogP contribution in [0.5, 0.6) is 0 Å². The third-order valence-corrected chi connectivity index (χ3v) is 2.79. The Morgan fingerprint density at radius 3 is 1.12 bits per heavy atom. The molecule has 0 amide bonds. The van der Waals surface area contributed by atoms with Gasteiger partial charge in [0.05, 0.1) is 26.2 Å². The molecule has 0 rings (SSSR count). The van der Waals surface area contributed by atoms with E-state index in [4.69, 9.17) is 10.4 Å². The van der Waals surface area contributed by atoms with Crippen molar-refractivity contribution in [2.75, 3.05) is 26.2 Å². The molecule has 0 atom stereocenters. The second-order valence-electron chi connectivity index (χ2n) is 4.33. The first-order valence-electron chi connectivity index (χ1n) is 6.52. The summed E-state index contributed by atoms with van der Waals surface area (Å²) in [5.41, 5.74) is 0. The van der Waals surface area contributed by atoms with Gasteiger partial charge in [0, 0.05) is 6.26 Å². The number of hydrogen-bond donors (Lipinski definition) is 0. The quantitative estimate of drug-likeness (QED) is 0.472. The van der Waals surface area contributed by atoms with Crippen molar-refractivity contribution in [3.63, 3.8) is 0 Å². The summed E-state index contributed by atoms with van der Waals surface area (Å²) in [5.74, 6) is 0. The van der Waals surface area contributed by atoms with Crippen molar-refractivity contribution in [2.24, 2.45) is 0 Å². The molecule has 0 aromatic carbocycles. The zero-order chi connectivity index (χ0) is 12.9. The Morgan fingerprint density at radius 2 is 1.00 bits per heavy atom. The average Bonchev–Trinajstić information content (AvgIpc) is 2.20. The van der Waals surface area contributed by atoms with Gasteiger partial charge in [0.25, 0.3) is 0 Å². The summed E-state index contributed by atoms with van der Waals surface area (Å²) >= 11 is 0. The van der Waals surface area contributed by atoms with Gasteiger partial charge >= 0.3 is 0 Å². The normalized spacial score (nSPS) is 10.2. The largest absolute Gasteiger partial charge is 0.812 e. The molecule has 0 saturated heterocycles. The molecule has 0 heterocycles. The topological polar surface area (TPSA) is 46.8 Å². The van der Waals surface area contributed by atoms with Crippen LogP contribution in [0, 0.1) is 11.5 Å². The van der Waals surface area contributed by atoms with E-state index in [-0.39, 0.29) is 0 Å². The maximum atomic E-state index is 8.24. The summed E-state index contributed by atoms with van der Waals surface area (Å²) in [6, 6.07) is 0. The van der Waals surface area contributed by atoms with Gasteiger partial charge in [-0.1, -0.05) is 27.7 Å². The van der Waals surface area contributed by atoms with Gasteiger partial charge in [0.1, 0.15) is 0 Å². The molecule has 0 aliphatic heterocycles. The van der Waals surface area contributed by atoms with E-state index >= 15 is 0 Å². The molecular weight excluding hydrogens is 200 g/mol. The van der Waals surface area contributed by atoms with E-state index in [1.165, 1.54) is 56.3 Å². The zero-order valence-corrected chi connectivity index (χ0v) is 11.5. The maximum Gasteiger partial charge on any atom is 0.0783 e. The molecule has 0 aliphatic carbocycles. The van der Waals surface area contributed by atoms with Gasteiger partial charge in [-0.3, -0.25) is 0 Å². The number of nitrogens with zero attached hydrogens (tertiary/aromatic N) is 2. The third-order valence-electron chi connectivity index (χ3n) is 2.79. The SMILES string of the molecule is CCC[N+](CCC)(CCC)CCC.N#C[O-]. The van der Waals surface area contributed by atoms with Crippen molar-refractivity contribution in [2.45, 2.75) is 53.4 Å². The molecule has 0 aliphatic rings. The number of hydrogen-bond acceptors (Lipinski definition) is 2. The van der Waals surface area contributed by atoms with Crippen LogP contribution in [0.25, 0.3) is 0 Å². The van der Waals surface area contributed by atoms with Gasteiger partial charge in [-0.05, 0) is 25.7 Å². The van der Waals surface area contributed by atoms with Crippen molar-refractivity contribution < 1.29 is 9.59 Å². The summed E-state index contributed by atoms with van der Waals surface area (Å²) in [6.45, 7) is 14.8. The predicted octanol–water partition coefficient (Wildman–Crippen LogP) is 2.27. The highest BCUT2D eigenvalue weighted by molar-refractivity contribution is 4.43. The first kappa shape index (κ1) is 17.6. The van der Waals surface area contributed by atoms with E-state index in [0.717, 1.165) is 0 Å². The molecule has 3 nitrogen and oxygen atoms in total. The van der Waals surface area contributed by atoms with Crippen LogP contribution in [0.15, 0.2) is 0 Å². The fourth-order valence-corrected chi connectivity index (χ4v) is 2.57. The molecule has 0 aromatic rings. The van der Waals surface area contributed by atoms with Gasteiger partial charge < -0.3 is 9.59 Å². The van der Waals surface area contributed by atoms with Crippen molar-refractivity contribution in [1.82, 2.24) is 0 Å². The standard InChI is InChI=1S/C12H28N.CHNO/c1-5-9-13(10-6-2,11-7-3)12-8-4;2-1-3/h5-12H2,1-4H3;3H/q+1;/p-1. The van der Waals surface area contributed by atoms with Gasteiger partial charge in [-0.25, -0.2) is 5.26 Å². The first-order chi connectivity index (χ1) is 7.66. The zero-order valence-electron chi connectivity index (χ0n) is 11.5. The van der Waals surface area contributed by atoms with Crippen molar-refractivity contribution >= 4 is 0 Å². The van der Waals surface area contributed by atoms with Crippen LogP contribution in [0.2, 0.25) is 0 Å². The van der Waals surface area contributed by atoms with Gasteiger partial charge in [-0.2, -0.15) is 0 Å². The minimum Gasteiger partial charge on any atom is -0.812 e. The molecule has 0 saturated carbocycles. The summed E-state index contributed by atoms with van der Waals surface area (Å²) in [4.78, 5) is 0. The fraction of sp³-hybridized carbons (Fsp3) is 0.923. The second kappa shape index (κ2) is 12.3. The Morgan fingerprint density at radius 1 is 0.812 bits per heavy atom. The summed E-state index contributed by atoms with van der Waals surface area (Å²) in [7, 11) is 0. The van der Waals surface area contributed by atoms with Crippen LogP contribution in [0.1, 0.15) is 53.4 Å². The van der Waals surface area contributed by atoms with Crippen LogP contribution in [0.3, 0.4) is 0 Å². The molecule has 0 radical (unpaired) electrons. The number of nitriles is 1. The van der Waals surface area contributed by atoms with Crippen molar-refractivity contribution in [1.29, 1.82) is 5.26 Å². The van der Waals surface area contributed by atoms with Gasteiger partial charge in [0.2, 0.25) is 0 Å². The van der Waals surface area contributed by atoms with E-state index < -0.39 is 0 Å². The van der Waals surface area contributed by atoms with E-state index in [0.29, 0.717) is 6.26 Å². The van der Waals surface area contributed by atoms with E-state index in [1.54, 1.807) is 0 Å². The Bertz CT molecular complexity index is 146. The molecule has 0 N–H and O–H groups in total. The van der Waals surface area contributed by atoms with E-state index in [9.17, 15) is 0 Å². The Labute approximate surface area is 101 Å². The van der Waals surface area contributed by atoms with Gasteiger partial charge in [0.15, 0.2) is 0 Å². The van der Waals surface area contributed by atoms with Crippen molar-refractivity contribution in [3.8, 4) is 6.26 Å². The second-order valence-corrected chi connectivity index (χ2v) is 4.33. The van der Waals surface area contributed by atoms with Crippen LogP contribution in [0.4, 0.5) is 0 Å². The van der Waals surface area contributed by atoms with Crippen LogP contribution in [-0.4, -0.2) is 30.7 Å². The average molecular weight is 228 g/mol. The molecule has 0 spiro atoms. The van der Waals surface area contributed by atoms with Crippen LogP contribution in [-0.2, 0) is 0 Å². The van der Waals surface area contributed by atoms with Crippen LogP contribution < -0.4 is 5.11 Å². The Balaban J connectivity index is 0. The number of quaternary nitrogens is 1. The lowest BCUT2D eigenvalue weighted by Gasteiger charge is -2.38. The lowest BCUT2D eigenvalue weighted by Crippen LogP contribution is -2.50. The highest BCUT2D eigenvalue weighted by Crippen LogP contribution is 2.12. The summed E-state index contributed by atoms with van der Waals surface area (Å²) < 4.78 is 1.38. The van der Waals surface area contributed by atoms with Crippen LogP contribution >= 0.6 is 0 Å².